The molecule has 0 spiro atoms. The molecule has 0 bridgehead atoms. The van der Waals surface area contributed by atoms with Gasteiger partial charge in [0, 0.05) is 19.1 Å². The van der Waals surface area contributed by atoms with E-state index >= 15 is 0 Å². The molecule has 11 heavy (non-hydrogen) atoms. The standard InChI is InChI=1S/C8H18N2O/c1-7(9)6-11-8-3-4-10(2)5-8/h7-8H,3-6,9H2,1-2H3. The first-order valence-electron chi connectivity index (χ1n) is 4.24. The molecular formula is C8H18N2O. The van der Waals surface area contributed by atoms with Gasteiger partial charge in [0.1, 0.15) is 0 Å². The second-order valence-electron chi connectivity index (χ2n) is 3.48. The molecule has 3 nitrogen and oxygen atoms in total. The Hall–Kier alpha value is -0.120. The van der Waals surface area contributed by atoms with Crippen LogP contribution in [-0.2, 0) is 4.74 Å². The van der Waals surface area contributed by atoms with E-state index in [-0.39, 0.29) is 6.04 Å². The first kappa shape index (κ1) is 8.97. The molecule has 0 aromatic rings. The van der Waals surface area contributed by atoms with E-state index in [2.05, 4.69) is 11.9 Å². The maximum atomic E-state index is 5.57. The topological polar surface area (TPSA) is 38.5 Å². The van der Waals surface area contributed by atoms with Crippen LogP contribution in [0.1, 0.15) is 13.3 Å². The monoisotopic (exact) mass is 158 g/mol. The average Bonchev–Trinajstić information content (AvgIpc) is 2.31. The molecule has 2 unspecified atom stereocenters. The van der Waals surface area contributed by atoms with Crippen molar-refractivity contribution in [3.8, 4) is 0 Å². The van der Waals surface area contributed by atoms with Crippen LogP contribution in [0.4, 0.5) is 0 Å². The van der Waals surface area contributed by atoms with E-state index in [1.807, 2.05) is 6.92 Å². The zero-order valence-electron chi connectivity index (χ0n) is 7.42. The summed E-state index contributed by atoms with van der Waals surface area (Å²) in [5.41, 5.74) is 5.57. The number of hydrogen-bond acceptors (Lipinski definition) is 3. The van der Waals surface area contributed by atoms with Crippen LogP contribution < -0.4 is 5.73 Å². The third-order valence-corrected chi connectivity index (χ3v) is 1.94. The molecule has 0 aromatic heterocycles. The summed E-state index contributed by atoms with van der Waals surface area (Å²) in [4.78, 5) is 2.28. The van der Waals surface area contributed by atoms with Gasteiger partial charge in [-0.1, -0.05) is 0 Å². The van der Waals surface area contributed by atoms with Crippen LogP contribution >= 0.6 is 0 Å². The van der Waals surface area contributed by atoms with E-state index in [0.29, 0.717) is 12.7 Å². The Balaban J connectivity index is 2.08. The van der Waals surface area contributed by atoms with Crippen molar-refractivity contribution in [3.63, 3.8) is 0 Å². The summed E-state index contributed by atoms with van der Waals surface area (Å²) in [5.74, 6) is 0. The predicted octanol–water partition coefficient (Wildman–Crippen LogP) is 0.0543. The van der Waals surface area contributed by atoms with Crippen LogP contribution in [0.5, 0.6) is 0 Å². The molecule has 0 aliphatic carbocycles. The molecule has 1 aliphatic heterocycles. The highest BCUT2D eigenvalue weighted by molar-refractivity contribution is 4.73. The predicted molar refractivity (Wildman–Crippen MR) is 45.5 cm³/mol. The lowest BCUT2D eigenvalue weighted by Gasteiger charge is -2.13. The summed E-state index contributed by atoms with van der Waals surface area (Å²) in [6, 6.07) is 0.168. The van der Waals surface area contributed by atoms with Gasteiger partial charge < -0.3 is 15.4 Å². The van der Waals surface area contributed by atoms with E-state index in [0.717, 1.165) is 19.5 Å². The first-order chi connectivity index (χ1) is 5.18. The van der Waals surface area contributed by atoms with Gasteiger partial charge in [0.15, 0.2) is 0 Å². The highest BCUT2D eigenvalue weighted by atomic mass is 16.5. The summed E-state index contributed by atoms with van der Waals surface area (Å²) in [6.45, 7) is 4.88. The van der Waals surface area contributed by atoms with Crippen molar-refractivity contribution in [1.82, 2.24) is 4.90 Å². The van der Waals surface area contributed by atoms with Crippen molar-refractivity contribution in [3.05, 3.63) is 0 Å². The summed E-state index contributed by atoms with van der Waals surface area (Å²) in [7, 11) is 2.12. The minimum Gasteiger partial charge on any atom is -0.375 e. The highest BCUT2D eigenvalue weighted by Crippen LogP contribution is 2.09. The quantitative estimate of drug-likeness (QED) is 0.631. The second-order valence-corrected chi connectivity index (χ2v) is 3.48. The zero-order valence-corrected chi connectivity index (χ0v) is 7.42. The van der Waals surface area contributed by atoms with Crippen LogP contribution in [0, 0.1) is 0 Å². The van der Waals surface area contributed by atoms with Crippen LogP contribution in [0.2, 0.25) is 0 Å². The molecule has 1 rings (SSSR count). The van der Waals surface area contributed by atoms with E-state index in [1.165, 1.54) is 0 Å². The molecule has 1 heterocycles. The molecule has 2 N–H and O–H groups in total. The van der Waals surface area contributed by atoms with Gasteiger partial charge in [0.25, 0.3) is 0 Å². The minimum atomic E-state index is 0.168. The molecule has 1 saturated heterocycles. The fraction of sp³-hybridized carbons (Fsp3) is 1.00. The van der Waals surface area contributed by atoms with Gasteiger partial charge in [-0.15, -0.1) is 0 Å². The van der Waals surface area contributed by atoms with Gasteiger partial charge in [0.05, 0.1) is 12.7 Å². The Labute approximate surface area is 68.5 Å². The van der Waals surface area contributed by atoms with E-state index in [1.54, 1.807) is 0 Å². The van der Waals surface area contributed by atoms with Gasteiger partial charge in [-0.05, 0) is 20.4 Å². The number of ether oxygens (including phenoxy) is 1. The Morgan fingerprint density at radius 1 is 1.73 bits per heavy atom. The zero-order chi connectivity index (χ0) is 8.27. The minimum absolute atomic E-state index is 0.168. The second kappa shape index (κ2) is 4.04. The number of rotatable bonds is 3. The SMILES string of the molecule is CC(N)COC1CCN(C)C1. The Kier molecular flexibility index (Phi) is 3.30. The van der Waals surface area contributed by atoms with Gasteiger partial charge in [0.2, 0.25) is 0 Å². The van der Waals surface area contributed by atoms with E-state index < -0.39 is 0 Å². The van der Waals surface area contributed by atoms with E-state index in [4.69, 9.17) is 10.5 Å². The molecule has 0 aromatic carbocycles. The Bertz CT molecular complexity index is 117. The van der Waals surface area contributed by atoms with Crippen LogP contribution in [-0.4, -0.2) is 43.8 Å². The Morgan fingerprint density at radius 2 is 2.45 bits per heavy atom. The van der Waals surface area contributed by atoms with Crippen molar-refractivity contribution in [2.24, 2.45) is 5.73 Å². The number of likely N-dealkylation sites (N-methyl/N-ethyl adjacent to an activating group) is 1. The molecule has 1 fully saturated rings. The number of nitrogens with zero attached hydrogens (tertiary/aromatic N) is 1. The molecule has 1 aliphatic rings. The van der Waals surface area contributed by atoms with Gasteiger partial charge in [-0.25, -0.2) is 0 Å². The normalized spacial score (nSPS) is 29.2. The maximum absolute atomic E-state index is 5.57. The lowest BCUT2D eigenvalue weighted by molar-refractivity contribution is 0.0541. The van der Waals surface area contributed by atoms with Crippen molar-refractivity contribution < 1.29 is 4.74 Å². The van der Waals surface area contributed by atoms with E-state index in [9.17, 15) is 0 Å². The molecule has 0 radical (unpaired) electrons. The fourth-order valence-electron chi connectivity index (χ4n) is 1.32. The molecule has 66 valence electrons. The lowest BCUT2D eigenvalue weighted by atomic mass is 10.3. The van der Waals surface area contributed by atoms with Crippen LogP contribution in [0.25, 0.3) is 0 Å². The van der Waals surface area contributed by atoms with Gasteiger partial charge in [-0.2, -0.15) is 0 Å². The highest BCUT2D eigenvalue weighted by Gasteiger charge is 2.19. The summed E-state index contributed by atoms with van der Waals surface area (Å²) in [6.07, 6.45) is 1.58. The average molecular weight is 158 g/mol. The summed E-state index contributed by atoms with van der Waals surface area (Å²) in [5, 5.41) is 0. The maximum Gasteiger partial charge on any atom is 0.0714 e. The smallest absolute Gasteiger partial charge is 0.0714 e. The molecule has 0 amide bonds. The molecule has 3 heteroatoms. The third-order valence-electron chi connectivity index (χ3n) is 1.94. The summed E-state index contributed by atoms with van der Waals surface area (Å²) < 4.78 is 5.57. The molecule has 0 saturated carbocycles. The van der Waals surface area contributed by atoms with Crippen molar-refractivity contribution >= 4 is 0 Å². The largest absolute Gasteiger partial charge is 0.375 e. The fourth-order valence-corrected chi connectivity index (χ4v) is 1.32. The Morgan fingerprint density at radius 3 is 2.91 bits per heavy atom. The summed E-state index contributed by atoms with van der Waals surface area (Å²) >= 11 is 0. The van der Waals surface area contributed by atoms with Gasteiger partial charge >= 0.3 is 0 Å². The molecular weight excluding hydrogens is 140 g/mol. The number of hydrogen-bond donors (Lipinski definition) is 1. The lowest BCUT2D eigenvalue weighted by Crippen LogP contribution is -2.27. The van der Waals surface area contributed by atoms with Crippen LogP contribution in [0.15, 0.2) is 0 Å². The van der Waals surface area contributed by atoms with Crippen LogP contribution in [0.3, 0.4) is 0 Å². The number of nitrogens with two attached hydrogens (primary N) is 1. The molecule has 2 atom stereocenters. The third kappa shape index (κ3) is 3.18. The van der Waals surface area contributed by atoms with Crippen molar-refractivity contribution in [2.45, 2.75) is 25.5 Å². The van der Waals surface area contributed by atoms with Crippen molar-refractivity contribution in [2.75, 3.05) is 26.7 Å². The first-order valence-corrected chi connectivity index (χ1v) is 4.24. The van der Waals surface area contributed by atoms with Gasteiger partial charge in [-0.3, -0.25) is 0 Å². The number of likely N-dealkylation sites (tertiary alicyclic amines) is 1. The van der Waals surface area contributed by atoms with Crippen molar-refractivity contribution in [1.29, 1.82) is 0 Å².